The van der Waals surface area contributed by atoms with Gasteiger partial charge in [0.15, 0.2) is 0 Å². The molecule has 0 bridgehead atoms. The molecule has 25 heavy (non-hydrogen) atoms. The van der Waals surface area contributed by atoms with Crippen molar-refractivity contribution in [3.8, 4) is 5.69 Å². The van der Waals surface area contributed by atoms with Gasteiger partial charge in [0.25, 0.3) is 11.5 Å². The summed E-state index contributed by atoms with van der Waals surface area (Å²) in [5.74, 6) is -0.275. The van der Waals surface area contributed by atoms with Crippen molar-refractivity contribution in [2.24, 2.45) is 7.05 Å². The monoisotopic (exact) mass is 358 g/mol. The second kappa shape index (κ2) is 6.29. The van der Waals surface area contributed by atoms with Gasteiger partial charge in [-0.1, -0.05) is 0 Å². The topological polar surface area (TPSA) is 86.0 Å². The highest BCUT2D eigenvalue weighted by molar-refractivity contribution is 7.13. The fraction of sp³-hybridized carbons (Fsp3) is 0.294. The average molecular weight is 358 g/mol. The molecule has 0 unspecified atom stereocenters. The van der Waals surface area contributed by atoms with Crippen molar-refractivity contribution in [1.29, 1.82) is 0 Å². The largest absolute Gasteiger partial charge is 0.348 e. The first-order valence-corrected chi connectivity index (χ1v) is 8.57. The van der Waals surface area contributed by atoms with Gasteiger partial charge in [-0.3, -0.25) is 9.59 Å². The summed E-state index contributed by atoms with van der Waals surface area (Å²) in [6, 6.07) is 6.50. The Balaban J connectivity index is 2.21. The van der Waals surface area contributed by atoms with Crippen LogP contribution in [0.5, 0.6) is 0 Å². The molecule has 7 nitrogen and oxygen atoms in total. The van der Waals surface area contributed by atoms with Crippen molar-refractivity contribution in [2.45, 2.75) is 26.8 Å². The average Bonchev–Trinajstić information content (AvgIpc) is 2.95. The van der Waals surface area contributed by atoms with Crippen LogP contribution in [-0.2, 0) is 7.05 Å². The SMILES string of the molecule is Cc1cc(=O)n(-c2ccc3snc(C(=O)NC(C)C)c3c2)c(=O)n1C. The van der Waals surface area contributed by atoms with E-state index in [2.05, 4.69) is 9.69 Å². The van der Waals surface area contributed by atoms with E-state index in [1.165, 1.54) is 22.2 Å². The Kier molecular flexibility index (Phi) is 4.30. The number of fused-ring (bicyclic) bond motifs is 1. The van der Waals surface area contributed by atoms with Crippen molar-refractivity contribution in [3.63, 3.8) is 0 Å². The minimum atomic E-state index is -0.430. The van der Waals surface area contributed by atoms with Gasteiger partial charge in [-0.2, -0.15) is 4.37 Å². The number of nitrogens with one attached hydrogen (secondary N) is 1. The molecule has 0 spiro atoms. The zero-order valence-corrected chi connectivity index (χ0v) is 15.2. The van der Waals surface area contributed by atoms with E-state index in [1.54, 1.807) is 32.2 Å². The zero-order chi connectivity index (χ0) is 18.3. The molecular formula is C17H18N4O3S. The molecule has 130 valence electrons. The van der Waals surface area contributed by atoms with Crippen LogP contribution in [-0.4, -0.2) is 25.5 Å². The Hall–Kier alpha value is -2.74. The summed E-state index contributed by atoms with van der Waals surface area (Å²) < 4.78 is 7.53. The third-order valence-electron chi connectivity index (χ3n) is 3.91. The van der Waals surface area contributed by atoms with Crippen LogP contribution in [0, 0.1) is 6.92 Å². The molecule has 0 aliphatic rings. The molecule has 0 fully saturated rings. The molecule has 0 saturated carbocycles. The highest BCUT2D eigenvalue weighted by Gasteiger charge is 2.17. The molecule has 1 amide bonds. The lowest BCUT2D eigenvalue weighted by molar-refractivity contribution is 0.0941. The Morgan fingerprint density at radius 3 is 2.64 bits per heavy atom. The van der Waals surface area contributed by atoms with Crippen LogP contribution in [0.1, 0.15) is 30.0 Å². The highest BCUT2D eigenvalue weighted by Crippen LogP contribution is 2.25. The Labute approximate surface area is 147 Å². The number of hydrogen-bond acceptors (Lipinski definition) is 5. The normalized spacial score (nSPS) is 11.2. The summed E-state index contributed by atoms with van der Waals surface area (Å²) >= 11 is 1.21. The van der Waals surface area contributed by atoms with Gasteiger partial charge in [0.1, 0.15) is 5.69 Å². The Morgan fingerprint density at radius 1 is 1.24 bits per heavy atom. The van der Waals surface area contributed by atoms with Gasteiger partial charge in [0.2, 0.25) is 0 Å². The first-order valence-electron chi connectivity index (χ1n) is 7.80. The van der Waals surface area contributed by atoms with E-state index in [9.17, 15) is 14.4 Å². The van der Waals surface area contributed by atoms with Crippen LogP contribution in [0.15, 0.2) is 33.9 Å². The van der Waals surface area contributed by atoms with E-state index < -0.39 is 11.2 Å². The predicted molar refractivity (Wildman–Crippen MR) is 97.8 cm³/mol. The molecule has 1 N–H and O–H groups in total. The molecule has 0 saturated heterocycles. The molecule has 3 rings (SSSR count). The third-order valence-corrected chi connectivity index (χ3v) is 4.73. The van der Waals surface area contributed by atoms with Crippen LogP contribution in [0.4, 0.5) is 0 Å². The van der Waals surface area contributed by atoms with Crippen LogP contribution >= 0.6 is 11.5 Å². The lowest BCUT2D eigenvalue weighted by Crippen LogP contribution is -2.38. The number of aromatic nitrogens is 3. The number of aryl methyl sites for hydroxylation is 1. The fourth-order valence-electron chi connectivity index (χ4n) is 2.53. The molecule has 0 aliphatic heterocycles. The Bertz CT molecular complexity index is 1090. The van der Waals surface area contributed by atoms with E-state index in [0.29, 0.717) is 22.5 Å². The quantitative estimate of drug-likeness (QED) is 0.770. The van der Waals surface area contributed by atoms with Crippen LogP contribution in [0.3, 0.4) is 0 Å². The maximum Gasteiger partial charge on any atom is 0.335 e. The first kappa shape index (κ1) is 17.1. The van der Waals surface area contributed by atoms with Crippen molar-refractivity contribution < 1.29 is 4.79 Å². The van der Waals surface area contributed by atoms with Crippen molar-refractivity contribution in [1.82, 2.24) is 18.8 Å². The van der Waals surface area contributed by atoms with E-state index in [0.717, 1.165) is 9.27 Å². The maximum atomic E-state index is 12.5. The fourth-order valence-corrected chi connectivity index (χ4v) is 3.29. The molecule has 2 aromatic heterocycles. The third kappa shape index (κ3) is 3.00. The minimum Gasteiger partial charge on any atom is -0.348 e. The van der Waals surface area contributed by atoms with Crippen LogP contribution in [0.25, 0.3) is 15.8 Å². The van der Waals surface area contributed by atoms with E-state index in [1.807, 2.05) is 13.8 Å². The van der Waals surface area contributed by atoms with Gasteiger partial charge < -0.3 is 9.88 Å². The summed E-state index contributed by atoms with van der Waals surface area (Å²) in [7, 11) is 1.61. The minimum absolute atomic E-state index is 0.0144. The smallest absolute Gasteiger partial charge is 0.335 e. The van der Waals surface area contributed by atoms with Crippen molar-refractivity contribution >= 4 is 27.5 Å². The number of hydrogen-bond donors (Lipinski definition) is 1. The molecule has 3 aromatic rings. The van der Waals surface area contributed by atoms with Crippen LogP contribution in [0.2, 0.25) is 0 Å². The number of rotatable bonds is 3. The van der Waals surface area contributed by atoms with Gasteiger partial charge in [0.05, 0.1) is 10.4 Å². The van der Waals surface area contributed by atoms with Crippen LogP contribution < -0.4 is 16.6 Å². The predicted octanol–water partition coefficient (Wildman–Crippen LogP) is 1.59. The second-order valence-electron chi connectivity index (χ2n) is 6.14. The van der Waals surface area contributed by atoms with Gasteiger partial charge >= 0.3 is 5.69 Å². The lowest BCUT2D eigenvalue weighted by atomic mass is 10.2. The Morgan fingerprint density at radius 2 is 1.96 bits per heavy atom. The standard InChI is InChI=1S/C17H18N4O3S/c1-9(2)18-16(23)15-12-8-11(5-6-13(12)25-19-15)21-14(22)7-10(3)20(4)17(21)24/h5-9H,1-4H3,(H,18,23). The number of carbonyl (C=O) groups is 1. The van der Waals surface area contributed by atoms with Crippen molar-refractivity contribution in [2.75, 3.05) is 0 Å². The van der Waals surface area contributed by atoms with Gasteiger partial charge in [-0.15, -0.1) is 0 Å². The van der Waals surface area contributed by atoms with Gasteiger partial charge in [-0.05, 0) is 50.5 Å². The summed E-state index contributed by atoms with van der Waals surface area (Å²) in [5.41, 5.74) is 0.461. The van der Waals surface area contributed by atoms with Gasteiger partial charge in [0, 0.05) is 30.2 Å². The molecule has 0 atom stereocenters. The van der Waals surface area contributed by atoms with E-state index in [4.69, 9.17) is 0 Å². The van der Waals surface area contributed by atoms with Crippen molar-refractivity contribution in [3.05, 3.63) is 56.5 Å². The number of nitrogens with zero attached hydrogens (tertiary/aromatic N) is 3. The molecule has 0 radical (unpaired) electrons. The summed E-state index contributed by atoms with van der Waals surface area (Å²) in [6.07, 6.45) is 0. The second-order valence-corrected chi connectivity index (χ2v) is 6.95. The molecule has 8 heteroatoms. The number of benzene rings is 1. The number of amides is 1. The summed E-state index contributed by atoms with van der Waals surface area (Å²) in [4.78, 5) is 37.1. The highest BCUT2D eigenvalue weighted by atomic mass is 32.1. The number of carbonyl (C=O) groups excluding carboxylic acids is 1. The summed E-state index contributed by atoms with van der Waals surface area (Å²) in [6.45, 7) is 5.44. The molecule has 0 aliphatic carbocycles. The van der Waals surface area contributed by atoms with E-state index >= 15 is 0 Å². The maximum absolute atomic E-state index is 12.5. The molecule has 1 aromatic carbocycles. The zero-order valence-electron chi connectivity index (χ0n) is 14.4. The lowest BCUT2D eigenvalue weighted by Gasteiger charge is -2.10. The first-order chi connectivity index (χ1) is 11.8. The van der Waals surface area contributed by atoms with E-state index in [-0.39, 0.29) is 11.9 Å². The molecular weight excluding hydrogens is 340 g/mol. The van der Waals surface area contributed by atoms with Gasteiger partial charge in [-0.25, -0.2) is 9.36 Å². The molecule has 2 heterocycles. The summed E-state index contributed by atoms with van der Waals surface area (Å²) in [5, 5.41) is 3.43.